The fourth-order valence-corrected chi connectivity index (χ4v) is 10.6. The summed E-state index contributed by atoms with van der Waals surface area (Å²) in [4.78, 5) is 20.1. The molecule has 20 heteroatoms. The van der Waals surface area contributed by atoms with E-state index in [1.54, 1.807) is 107 Å². The van der Waals surface area contributed by atoms with Crippen LogP contribution in [0.3, 0.4) is 0 Å². The Morgan fingerprint density at radius 1 is 0.785 bits per heavy atom. The number of sulfone groups is 1. The maximum absolute atomic E-state index is 15.9. The number of hydrogen-bond acceptors (Lipinski definition) is 14. The number of nitrogen functional groups attached to an aromatic ring is 1. The first-order chi connectivity index (χ1) is 31.0. The van der Waals surface area contributed by atoms with Crippen molar-refractivity contribution in [2.24, 2.45) is 0 Å². The molecule has 18 nitrogen and oxygen atoms in total. The number of methoxy groups -OCH3 is 3. The Morgan fingerprint density at radius 3 is 1.91 bits per heavy atom. The third kappa shape index (κ3) is 10.8. The molecule has 1 amide bonds. The maximum Gasteiger partial charge on any atom is 0.407 e. The molecule has 0 atom stereocenters. The standard InChI is InChI=1S/C45H49N9O9S2/c1-45(2,3)63-44(55)47-23-24-64(56,57)39-22-20-36(32-13-21-37-38(25-32)49-43(46)48-37)40(42-50-52-54(51-42)28-31-11-18-35(62-6)19-12-31)41(39)65(58,59)53(26-29-7-14-33(60-4)15-8-29)27-30-9-16-34(61-5)17-10-30/h7-22,25H,23-24,26-28H2,1-6H3,(H,47,55)(H3,46,48,49). The van der Waals surface area contributed by atoms with Gasteiger partial charge in [0.2, 0.25) is 15.8 Å². The number of nitrogens with two attached hydrogens (primary N) is 1. The second kappa shape index (κ2) is 19.0. The quantitative estimate of drug-likeness (QED) is 0.0919. The number of aromatic nitrogens is 6. The van der Waals surface area contributed by atoms with E-state index in [4.69, 9.17) is 29.8 Å². The molecule has 4 N–H and O–H groups in total. The number of sulfonamides is 1. The van der Waals surface area contributed by atoms with E-state index in [9.17, 15) is 13.2 Å². The highest BCUT2D eigenvalue weighted by molar-refractivity contribution is 7.93. The average Bonchev–Trinajstić information content (AvgIpc) is 3.90. The van der Waals surface area contributed by atoms with Crippen LogP contribution in [0.5, 0.6) is 17.2 Å². The molecule has 7 rings (SSSR count). The molecule has 0 aliphatic rings. The highest BCUT2D eigenvalue weighted by Crippen LogP contribution is 2.42. The summed E-state index contributed by atoms with van der Waals surface area (Å²) in [6.45, 7) is 4.36. The lowest BCUT2D eigenvalue weighted by Crippen LogP contribution is -2.35. The molecule has 65 heavy (non-hydrogen) atoms. The molecule has 0 radical (unpaired) electrons. The SMILES string of the molecule is COc1ccc(CN(Cc2ccc(OC)cc2)S(=O)(=O)c2c(S(=O)(=O)CCNC(=O)OC(C)(C)C)ccc(-c3ccc4nc(N)[nH]c4c3)c2-c2nnn(Cc3ccc(OC)cc3)n2)cc1. The second-order valence-corrected chi connectivity index (χ2v) is 19.8. The Hall–Kier alpha value is -7.03. The number of fused-ring (bicyclic) bond motifs is 1. The first kappa shape index (κ1) is 46.0. The summed E-state index contributed by atoms with van der Waals surface area (Å²) in [7, 11) is -4.86. The van der Waals surface area contributed by atoms with E-state index in [-0.39, 0.29) is 42.5 Å². The molecule has 5 aromatic carbocycles. The highest BCUT2D eigenvalue weighted by atomic mass is 32.2. The molecule has 0 unspecified atom stereocenters. The molecule has 0 fully saturated rings. The fraction of sp³-hybridized carbons (Fsp3) is 0.267. The normalized spacial score (nSPS) is 12.0. The van der Waals surface area contributed by atoms with Crippen LogP contribution in [0.4, 0.5) is 10.7 Å². The Morgan fingerprint density at radius 2 is 1.35 bits per heavy atom. The third-order valence-electron chi connectivity index (χ3n) is 10.1. The lowest BCUT2D eigenvalue weighted by Gasteiger charge is -2.26. The molecule has 0 bridgehead atoms. The zero-order valence-electron chi connectivity index (χ0n) is 36.6. The lowest BCUT2D eigenvalue weighted by atomic mass is 9.98. The predicted octanol–water partition coefficient (Wildman–Crippen LogP) is 6.23. The van der Waals surface area contributed by atoms with Crippen molar-refractivity contribution in [3.63, 3.8) is 0 Å². The zero-order chi connectivity index (χ0) is 46.5. The summed E-state index contributed by atoms with van der Waals surface area (Å²) in [6.07, 6.45) is -0.839. The monoisotopic (exact) mass is 923 g/mol. The van der Waals surface area contributed by atoms with Crippen LogP contribution in [0.15, 0.2) is 113 Å². The summed E-state index contributed by atoms with van der Waals surface area (Å²) < 4.78 is 83.9. The molecule has 0 spiro atoms. The van der Waals surface area contributed by atoms with Gasteiger partial charge in [0.15, 0.2) is 15.8 Å². The zero-order valence-corrected chi connectivity index (χ0v) is 38.2. The van der Waals surface area contributed by atoms with E-state index >= 15 is 8.42 Å². The first-order valence-electron chi connectivity index (χ1n) is 20.3. The number of carbonyl (C=O) groups is 1. The number of rotatable bonds is 17. The van der Waals surface area contributed by atoms with Crippen molar-refractivity contribution in [1.82, 2.24) is 39.8 Å². The minimum atomic E-state index is -4.90. The van der Waals surface area contributed by atoms with Gasteiger partial charge in [0.1, 0.15) is 27.7 Å². The minimum Gasteiger partial charge on any atom is -0.497 e. The number of amides is 1. The van der Waals surface area contributed by atoms with Crippen LogP contribution in [0.25, 0.3) is 33.5 Å². The van der Waals surface area contributed by atoms with Gasteiger partial charge in [-0.25, -0.2) is 26.6 Å². The number of H-pyrrole nitrogens is 1. The number of nitrogens with one attached hydrogen (secondary N) is 2. The molecule has 2 aromatic heterocycles. The van der Waals surface area contributed by atoms with Gasteiger partial charge in [-0.1, -0.05) is 48.5 Å². The summed E-state index contributed by atoms with van der Waals surface area (Å²) in [5, 5.41) is 15.9. The molecular weight excluding hydrogens is 875 g/mol. The van der Waals surface area contributed by atoms with Gasteiger partial charge in [-0.15, -0.1) is 10.2 Å². The number of ether oxygens (including phenoxy) is 4. The molecule has 2 heterocycles. The van der Waals surface area contributed by atoms with Crippen molar-refractivity contribution < 1.29 is 40.6 Å². The van der Waals surface area contributed by atoms with Crippen LogP contribution >= 0.6 is 0 Å². The van der Waals surface area contributed by atoms with Gasteiger partial charge >= 0.3 is 6.09 Å². The van der Waals surface area contributed by atoms with Crippen molar-refractivity contribution in [2.45, 2.75) is 55.8 Å². The van der Waals surface area contributed by atoms with Crippen molar-refractivity contribution in [2.75, 3.05) is 39.4 Å². The van der Waals surface area contributed by atoms with Gasteiger partial charge in [0.05, 0.1) is 55.1 Å². The molecule has 340 valence electrons. The number of alkyl carbamates (subject to hydrolysis) is 1. The lowest BCUT2D eigenvalue weighted by molar-refractivity contribution is 0.0531. The topological polar surface area (TPSA) is 236 Å². The van der Waals surface area contributed by atoms with Crippen LogP contribution in [-0.4, -0.2) is 96.6 Å². The molecule has 7 aromatic rings. The highest BCUT2D eigenvalue weighted by Gasteiger charge is 2.38. The van der Waals surface area contributed by atoms with E-state index in [1.807, 2.05) is 12.1 Å². The Balaban J connectivity index is 1.46. The Kier molecular flexibility index (Phi) is 13.4. The Labute approximate surface area is 376 Å². The van der Waals surface area contributed by atoms with E-state index in [0.29, 0.717) is 45.0 Å². The summed E-state index contributed by atoms with van der Waals surface area (Å²) in [5.41, 5.74) is 8.78. The molecule has 0 saturated heterocycles. The van der Waals surface area contributed by atoms with Gasteiger partial charge in [-0.2, -0.15) is 9.10 Å². The largest absolute Gasteiger partial charge is 0.497 e. The van der Waals surface area contributed by atoms with Gasteiger partial charge in [0.25, 0.3) is 0 Å². The van der Waals surface area contributed by atoms with Gasteiger partial charge in [0, 0.05) is 19.6 Å². The van der Waals surface area contributed by atoms with E-state index in [1.165, 1.54) is 35.5 Å². The van der Waals surface area contributed by atoms with Crippen molar-refractivity contribution in [3.05, 3.63) is 120 Å². The van der Waals surface area contributed by atoms with Crippen LogP contribution in [0, 0.1) is 0 Å². The van der Waals surface area contributed by atoms with Crippen molar-refractivity contribution in [3.8, 4) is 39.8 Å². The van der Waals surface area contributed by atoms with Crippen LogP contribution in [0.2, 0.25) is 0 Å². The van der Waals surface area contributed by atoms with Crippen LogP contribution < -0.4 is 25.3 Å². The first-order valence-corrected chi connectivity index (χ1v) is 23.3. The maximum atomic E-state index is 15.9. The number of aromatic amines is 1. The van der Waals surface area contributed by atoms with Crippen molar-refractivity contribution in [1.29, 1.82) is 0 Å². The number of nitrogens with zero attached hydrogens (tertiary/aromatic N) is 6. The summed E-state index contributed by atoms with van der Waals surface area (Å²) >= 11 is 0. The van der Waals surface area contributed by atoms with E-state index in [2.05, 4.69) is 25.6 Å². The smallest absolute Gasteiger partial charge is 0.407 e. The van der Waals surface area contributed by atoms with E-state index in [0.717, 1.165) is 5.56 Å². The van der Waals surface area contributed by atoms with Gasteiger partial charge in [-0.3, -0.25) is 0 Å². The Bertz CT molecular complexity index is 2970. The fourth-order valence-electron chi connectivity index (χ4n) is 6.96. The summed E-state index contributed by atoms with van der Waals surface area (Å²) in [5.74, 6) is 1.06. The number of carbonyl (C=O) groups excluding carboxylic acids is 1. The van der Waals surface area contributed by atoms with Gasteiger partial charge < -0.3 is 35.0 Å². The molecule has 0 aliphatic heterocycles. The van der Waals surface area contributed by atoms with E-state index < -0.39 is 53.6 Å². The number of benzene rings is 5. The number of hydrogen-bond donors (Lipinski definition) is 3. The molecule has 0 aliphatic carbocycles. The van der Waals surface area contributed by atoms with Crippen molar-refractivity contribution >= 4 is 42.9 Å². The number of imidazole rings is 1. The minimum absolute atomic E-state index is 0.128. The van der Waals surface area contributed by atoms with Gasteiger partial charge in [-0.05, 0) is 108 Å². The number of tetrazole rings is 1. The summed E-state index contributed by atoms with van der Waals surface area (Å²) in [6, 6.07) is 28.8. The van der Waals surface area contributed by atoms with Crippen LogP contribution in [-0.2, 0) is 44.2 Å². The third-order valence-corrected chi connectivity index (χ3v) is 13.9. The molecule has 0 saturated carbocycles. The average molecular weight is 924 g/mol. The second-order valence-electron chi connectivity index (χ2n) is 15.9. The number of anilines is 1. The molecular formula is C45H49N9O9S2. The predicted molar refractivity (Wildman–Crippen MR) is 244 cm³/mol. The van der Waals surface area contributed by atoms with Crippen LogP contribution in [0.1, 0.15) is 37.5 Å².